The molecule has 0 bridgehead atoms. The van der Waals surface area contributed by atoms with Crippen LogP contribution in [0.15, 0.2) is 30.6 Å². The molecule has 3 heterocycles. The Labute approximate surface area is 181 Å². The van der Waals surface area contributed by atoms with Crippen LogP contribution in [-0.4, -0.2) is 44.8 Å². The van der Waals surface area contributed by atoms with Gasteiger partial charge in [0, 0.05) is 23.7 Å². The van der Waals surface area contributed by atoms with Crippen LogP contribution in [0.2, 0.25) is 0 Å². The van der Waals surface area contributed by atoms with Crippen molar-refractivity contribution in [1.82, 2.24) is 30.4 Å². The molecule has 1 aromatic carbocycles. The van der Waals surface area contributed by atoms with E-state index in [1.807, 2.05) is 28.9 Å². The molecule has 3 aromatic rings. The first kappa shape index (κ1) is 19.9. The van der Waals surface area contributed by atoms with Crippen LogP contribution in [0.1, 0.15) is 61.3 Å². The van der Waals surface area contributed by atoms with Crippen molar-refractivity contribution in [3.8, 4) is 11.3 Å². The van der Waals surface area contributed by atoms with Gasteiger partial charge >= 0.3 is 0 Å². The summed E-state index contributed by atoms with van der Waals surface area (Å²) in [5.74, 6) is 0.380. The maximum atomic E-state index is 12.9. The first-order valence-corrected chi connectivity index (χ1v) is 11.3. The highest BCUT2D eigenvalue weighted by Gasteiger charge is 2.24. The van der Waals surface area contributed by atoms with Crippen molar-refractivity contribution in [2.75, 3.05) is 18.8 Å². The lowest BCUT2D eigenvalue weighted by molar-refractivity contribution is 0.0927. The summed E-state index contributed by atoms with van der Waals surface area (Å²) in [5, 5.41) is 12.3. The van der Waals surface area contributed by atoms with Gasteiger partial charge in [-0.3, -0.25) is 4.79 Å². The molecule has 8 heteroatoms. The third-order valence-corrected chi connectivity index (χ3v) is 6.47. The van der Waals surface area contributed by atoms with Gasteiger partial charge in [0.1, 0.15) is 17.8 Å². The normalized spacial score (nSPS) is 20.1. The van der Waals surface area contributed by atoms with Gasteiger partial charge in [-0.2, -0.15) is 5.10 Å². The molecule has 0 spiro atoms. The molecule has 2 aromatic heterocycles. The van der Waals surface area contributed by atoms with E-state index >= 15 is 0 Å². The van der Waals surface area contributed by atoms with Crippen LogP contribution in [0, 0.1) is 0 Å². The highest BCUT2D eigenvalue weighted by atomic mass is 16.1. The molecule has 1 atom stereocenters. The van der Waals surface area contributed by atoms with Gasteiger partial charge in [0.15, 0.2) is 5.65 Å². The minimum atomic E-state index is -0.0295. The number of aromatic nitrogens is 4. The number of fused-ring (bicyclic) bond motifs is 1. The molecule has 31 heavy (non-hydrogen) atoms. The van der Waals surface area contributed by atoms with Crippen LogP contribution in [0.5, 0.6) is 0 Å². The Morgan fingerprint density at radius 1 is 1.13 bits per heavy atom. The lowest BCUT2D eigenvalue weighted by Crippen LogP contribution is -2.36. The highest BCUT2D eigenvalue weighted by molar-refractivity contribution is 6.00. The maximum absolute atomic E-state index is 12.9. The number of rotatable bonds is 4. The largest absolute Gasteiger partial charge is 0.383 e. The number of amides is 1. The lowest BCUT2D eigenvalue weighted by atomic mass is 9.95. The second kappa shape index (κ2) is 8.63. The van der Waals surface area contributed by atoms with Crippen molar-refractivity contribution in [2.24, 2.45) is 0 Å². The molecule has 1 saturated carbocycles. The fourth-order valence-corrected chi connectivity index (χ4v) is 4.82. The third-order valence-electron chi connectivity index (χ3n) is 6.47. The van der Waals surface area contributed by atoms with E-state index in [9.17, 15) is 4.79 Å². The Morgan fingerprint density at radius 2 is 2.00 bits per heavy atom. The Balaban J connectivity index is 1.50. The van der Waals surface area contributed by atoms with Crippen LogP contribution in [0.25, 0.3) is 22.3 Å². The number of nitrogen functional groups attached to an aromatic ring is 1. The molecule has 1 aliphatic heterocycles. The smallest absolute Gasteiger partial charge is 0.251 e. The van der Waals surface area contributed by atoms with E-state index in [0.717, 1.165) is 61.1 Å². The molecule has 0 radical (unpaired) electrons. The zero-order valence-corrected chi connectivity index (χ0v) is 17.7. The minimum Gasteiger partial charge on any atom is -0.383 e. The number of nitrogens with two attached hydrogens (primary N) is 1. The fourth-order valence-electron chi connectivity index (χ4n) is 4.82. The lowest BCUT2D eigenvalue weighted by Gasteiger charge is -2.23. The molecule has 2 aliphatic rings. The van der Waals surface area contributed by atoms with Gasteiger partial charge in [-0.25, -0.2) is 14.6 Å². The molecule has 1 unspecified atom stereocenters. The topological polar surface area (TPSA) is 111 Å². The predicted octanol–water partition coefficient (Wildman–Crippen LogP) is 3.06. The zero-order chi connectivity index (χ0) is 21.2. The first-order valence-electron chi connectivity index (χ1n) is 11.3. The molecular weight excluding hydrogens is 390 g/mol. The summed E-state index contributed by atoms with van der Waals surface area (Å²) in [7, 11) is 0. The van der Waals surface area contributed by atoms with Gasteiger partial charge in [-0.05, 0) is 44.4 Å². The van der Waals surface area contributed by atoms with Gasteiger partial charge in [-0.1, -0.05) is 31.4 Å². The van der Waals surface area contributed by atoms with E-state index in [-0.39, 0.29) is 18.0 Å². The Kier molecular flexibility index (Phi) is 5.55. The van der Waals surface area contributed by atoms with Gasteiger partial charge < -0.3 is 16.4 Å². The molecule has 8 nitrogen and oxygen atoms in total. The van der Waals surface area contributed by atoms with Crippen molar-refractivity contribution in [2.45, 2.75) is 57.0 Å². The van der Waals surface area contributed by atoms with Crippen molar-refractivity contribution in [3.05, 3.63) is 36.2 Å². The molecule has 162 valence electrons. The average Bonchev–Trinajstić information content (AvgIpc) is 3.21. The summed E-state index contributed by atoms with van der Waals surface area (Å²) < 4.78 is 1.98. The molecule has 4 N–H and O–H groups in total. The number of nitrogens with one attached hydrogen (secondary N) is 2. The SMILES string of the molecule is Nc1ncnc2c1c(-c1cccc(C(=O)NC3CCCCC3)c1)nn2C1CCCNC1. The van der Waals surface area contributed by atoms with Crippen molar-refractivity contribution in [1.29, 1.82) is 0 Å². The fraction of sp³-hybridized carbons (Fsp3) is 0.478. The Morgan fingerprint density at radius 3 is 2.81 bits per heavy atom. The van der Waals surface area contributed by atoms with Crippen LogP contribution >= 0.6 is 0 Å². The number of piperidine rings is 1. The van der Waals surface area contributed by atoms with Crippen molar-refractivity contribution < 1.29 is 4.79 Å². The number of nitrogens with zero attached hydrogens (tertiary/aromatic N) is 4. The van der Waals surface area contributed by atoms with Gasteiger partial charge in [0.2, 0.25) is 0 Å². The van der Waals surface area contributed by atoms with Crippen LogP contribution in [0.3, 0.4) is 0 Å². The summed E-state index contributed by atoms with van der Waals surface area (Å²) in [4.78, 5) is 21.6. The minimum absolute atomic E-state index is 0.0295. The number of hydrogen-bond donors (Lipinski definition) is 3. The summed E-state index contributed by atoms with van der Waals surface area (Å²) in [5.41, 5.74) is 9.22. The average molecular weight is 420 g/mol. The Bertz CT molecular complexity index is 1080. The first-order chi connectivity index (χ1) is 15.2. The zero-order valence-electron chi connectivity index (χ0n) is 17.7. The number of hydrogen-bond acceptors (Lipinski definition) is 6. The van der Waals surface area contributed by atoms with Crippen LogP contribution in [0.4, 0.5) is 5.82 Å². The van der Waals surface area contributed by atoms with E-state index < -0.39 is 0 Å². The van der Waals surface area contributed by atoms with Gasteiger partial charge in [0.25, 0.3) is 5.91 Å². The van der Waals surface area contributed by atoms with E-state index in [4.69, 9.17) is 10.8 Å². The van der Waals surface area contributed by atoms with E-state index in [1.165, 1.54) is 25.6 Å². The molecule has 1 amide bonds. The van der Waals surface area contributed by atoms with E-state index in [0.29, 0.717) is 11.4 Å². The second-order valence-electron chi connectivity index (χ2n) is 8.64. The maximum Gasteiger partial charge on any atom is 0.251 e. The number of carbonyl (C=O) groups is 1. The highest BCUT2D eigenvalue weighted by Crippen LogP contribution is 2.33. The van der Waals surface area contributed by atoms with Gasteiger partial charge in [0.05, 0.1) is 11.4 Å². The van der Waals surface area contributed by atoms with Crippen molar-refractivity contribution in [3.63, 3.8) is 0 Å². The van der Waals surface area contributed by atoms with Crippen LogP contribution < -0.4 is 16.4 Å². The number of anilines is 1. The van der Waals surface area contributed by atoms with Crippen LogP contribution in [-0.2, 0) is 0 Å². The van der Waals surface area contributed by atoms with E-state index in [2.05, 4.69) is 20.6 Å². The Hall–Kier alpha value is -3.00. The molecule has 1 saturated heterocycles. The summed E-state index contributed by atoms with van der Waals surface area (Å²) in [6.45, 7) is 1.88. The van der Waals surface area contributed by atoms with E-state index in [1.54, 1.807) is 0 Å². The van der Waals surface area contributed by atoms with Crippen molar-refractivity contribution >= 4 is 22.8 Å². The number of carbonyl (C=O) groups excluding carboxylic acids is 1. The standard InChI is InChI=1S/C23H29N7O/c24-21-19-20(29-30(22(19)27-14-26-21)18-10-5-11-25-13-18)15-6-4-7-16(12-15)23(31)28-17-8-2-1-3-9-17/h4,6-7,12,14,17-18,25H,1-3,5,8-11,13H2,(H,28,31)(H2,24,26,27). The summed E-state index contributed by atoms with van der Waals surface area (Å²) >= 11 is 0. The summed E-state index contributed by atoms with van der Waals surface area (Å²) in [6.07, 6.45) is 9.37. The molecule has 1 aliphatic carbocycles. The monoisotopic (exact) mass is 419 g/mol. The second-order valence-corrected chi connectivity index (χ2v) is 8.64. The molecular formula is C23H29N7O. The third kappa shape index (κ3) is 3.99. The van der Waals surface area contributed by atoms with Gasteiger partial charge in [-0.15, -0.1) is 0 Å². The number of benzene rings is 1. The predicted molar refractivity (Wildman–Crippen MR) is 121 cm³/mol. The summed E-state index contributed by atoms with van der Waals surface area (Å²) in [6, 6.07) is 8.11. The molecule has 5 rings (SSSR count). The quantitative estimate of drug-likeness (QED) is 0.599. The molecule has 2 fully saturated rings.